The van der Waals surface area contributed by atoms with Crippen molar-refractivity contribution in [2.45, 2.75) is 69.4 Å². The molecule has 0 saturated carbocycles. The van der Waals surface area contributed by atoms with Crippen molar-refractivity contribution in [3.05, 3.63) is 29.8 Å². The van der Waals surface area contributed by atoms with Crippen molar-refractivity contribution in [1.29, 1.82) is 0 Å². The second kappa shape index (κ2) is 6.85. The first-order chi connectivity index (χ1) is 12.0. The van der Waals surface area contributed by atoms with Crippen molar-refractivity contribution in [1.82, 2.24) is 0 Å². The van der Waals surface area contributed by atoms with E-state index in [0.29, 0.717) is 6.61 Å². The molecular weight excluding hydrogens is 360 g/mol. The van der Waals surface area contributed by atoms with Crippen molar-refractivity contribution < 1.29 is 31.5 Å². The summed E-state index contributed by atoms with van der Waals surface area (Å²) in [5.41, 5.74) is 0.972. The van der Waals surface area contributed by atoms with Gasteiger partial charge in [-0.05, 0) is 46.8 Å². The van der Waals surface area contributed by atoms with Crippen LogP contribution in [0.2, 0.25) is 0 Å². The van der Waals surface area contributed by atoms with Crippen LogP contribution < -0.4 is 0 Å². The standard InChI is InChI=1S/C18H26O7S/c1-12-6-8-13(9-7-12)26(19,20)22-11-15-16(25-18(4,5)24-15)14-10-21-17(2,3)23-14/h6-9,14-16H,10-11H2,1-5H3/t14-,15+,16+/m1/s1. The Balaban J connectivity index is 1.69. The first kappa shape index (κ1) is 19.7. The van der Waals surface area contributed by atoms with Gasteiger partial charge in [-0.25, -0.2) is 0 Å². The number of rotatable bonds is 5. The van der Waals surface area contributed by atoms with Gasteiger partial charge in [-0.1, -0.05) is 17.7 Å². The Morgan fingerprint density at radius 2 is 1.69 bits per heavy atom. The number of aryl methyl sites for hydroxylation is 1. The molecule has 8 heteroatoms. The summed E-state index contributed by atoms with van der Waals surface area (Å²) < 4.78 is 53.3. The SMILES string of the molecule is Cc1ccc(S(=O)(=O)OC[C@@H]2OC(C)(C)O[C@H]2[C@H]2COC(C)(C)O2)cc1. The van der Waals surface area contributed by atoms with E-state index < -0.39 is 33.9 Å². The summed E-state index contributed by atoms with van der Waals surface area (Å²) in [6, 6.07) is 6.50. The van der Waals surface area contributed by atoms with Crippen LogP contribution in [-0.2, 0) is 33.2 Å². The molecule has 3 atom stereocenters. The van der Waals surface area contributed by atoms with Gasteiger partial charge in [-0.3, -0.25) is 4.18 Å². The van der Waals surface area contributed by atoms with E-state index in [0.717, 1.165) is 5.56 Å². The Bertz CT molecular complexity index is 739. The molecule has 2 heterocycles. The molecule has 0 spiro atoms. The van der Waals surface area contributed by atoms with Crippen LogP contribution in [0.25, 0.3) is 0 Å². The maximum atomic E-state index is 12.4. The predicted octanol–water partition coefficient (Wildman–Crippen LogP) is 2.37. The van der Waals surface area contributed by atoms with Crippen molar-refractivity contribution in [2.24, 2.45) is 0 Å². The van der Waals surface area contributed by atoms with E-state index in [2.05, 4.69) is 0 Å². The molecule has 7 nitrogen and oxygen atoms in total. The van der Waals surface area contributed by atoms with E-state index in [4.69, 9.17) is 23.1 Å². The Morgan fingerprint density at radius 1 is 1.04 bits per heavy atom. The smallest absolute Gasteiger partial charge is 0.297 e. The first-order valence-corrected chi connectivity index (χ1v) is 10.0. The molecule has 2 aliphatic heterocycles. The Labute approximate surface area is 154 Å². The van der Waals surface area contributed by atoms with Gasteiger partial charge in [-0.2, -0.15) is 8.42 Å². The molecule has 3 rings (SSSR count). The van der Waals surface area contributed by atoms with Gasteiger partial charge >= 0.3 is 0 Å². The van der Waals surface area contributed by atoms with Crippen molar-refractivity contribution >= 4 is 10.1 Å². The predicted molar refractivity (Wildman–Crippen MR) is 93.0 cm³/mol. The number of ether oxygens (including phenoxy) is 4. The molecule has 0 amide bonds. The second-order valence-corrected chi connectivity index (χ2v) is 9.17. The quantitative estimate of drug-likeness (QED) is 0.719. The number of hydrogen-bond acceptors (Lipinski definition) is 7. The van der Waals surface area contributed by atoms with E-state index in [1.807, 2.05) is 20.8 Å². The molecule has 26 heavy (non-hydrogen) atoms. The molecule has 2 fully saturated rings. The fourth-order valence-electron chi connectivity index (χ4n) is 3.11. The van der Waals surface area contributed by atoms with Crippen molar-refractivity contribution in [3.63, 3.8) is 0 Å². The van der Waals surface area contributed by atoms with Gasteiger partial charge in [0, 0.05) is 0 Å². The van der Waals surface area contributed by atoms with Gasteiger partial charge < -0.3 is 18.9 Å². The minimum absolute atomic E-state index is 0.111. The third-order valence-electron chi connectivity index (χ3n) is 4.32. The molecule has 0 aliphatic carbocycles. The lowest BCUT2D eigenvalue weighted by molar-refractivity contribution is -0.174. The molecule has 2 saturated heterocycles. The van der Waals surface area contributed by atoms with Crippen LogP contribution in [0.1, 0.15) is 33.3 Å². The van der Waals surface area contributed by atoms with Crippen LogP contribution in [0.15, 0.2) is 29.2 Å². The van der Waals surface area contributed by atoms with Gasteiger partial charge in [0.15, 0.2) is 11.6 Å². The lowest BCUT2D eigenvalue weighted by atomic mass is 10.1. The normalized spacial score (nSPS) is 30.6. The molecule has 2 aliphatic rings. The fourth-order valence-corrected chi connectivity index (χ4v) is 4.03. The third kappa shape index (κ3) is 4.44. The maximum absolute atomic E-state index is 12.4. The average Bonchev–Trinajstić information content (AvgIpc) is 3.04. The molecule has 1 aromatic carbocycles. The molecule has 0 unspecified atom stereocenters. The van der Waals surface area contributed by atoms with E-state index in [-0.39, 0.29) is 17.6 Å². The number of hydrogen-bond donors (Lipinski definition) is 0. The molecule has 0 radical (unpaired) electrons. The van der Waals surface area contributed by atoms with Gasteiger partial charge in [0.25, 0.3) is 10.1 Å². The zero-order valence-corrected chi connectivity index (χ0v) is 16.5. The minimum atomic E-state index is -3.88. The lowest BCUT2D eigenvalue weighted by Gasteiger charge is -2.23. The second-order valence-electron chi connectivity index (χ2n) is 7.56. The Kier molecular flexibility index (Phi) is 5.20. The highest BCUT2D eigenvalue weighted by molar-refractivity contribution is 7.86. The van der Waals surface area contributed by atoms with Crippen molar-refractivity contribution in [3.8, 4) is 0 Å². The van der Waals surface area contributed by atoms with Gasteiger partial charge in [0.2, 0.25) is 0 Å². The topological polar surface area (TPSA) is 80.3 Å². The fraction of sp³-hybridized carbons (Fsp3) is 0.667. The highest BCUT2D eigenvalue weighted by atomic mass is 32.2. The maximum Gasteiger partial charge on any atom is 0.297 e. The van der Waals surface area contributed by atoms with Crippen LogP contribution in [-0.4, -0.2) is 51.5 Å². The Morgan fingerprint density at radius 3 is 2.27 bits per heavy atom. The summed E-state index contributed by atoms with van der Waals surface area (Å²) in [5, 5.41) is 0. The van der Waals surface area contributed by atoms with Gasteiger partial charge in [-0.15, -0.1) is 0 Å². The molecular formula is C18H26O7S. The summed E-state index contributed by atoms with van der Waals surface area (Å²) in [7, 11) is -3.88. The summed E-state index contributed by atoms with van der Waals surface area (Å²) in [6.07, 6.45) is -1.44. The summed E-state index contributed by atoms with van der Waals surface area (Å²) in [6.45, 7) is 9.26. The zero-order valence-electron chi connectivity index (χ0n) is 15.7. The lowest BCUT2D eigenvalue weighted by Crippen LogP contribution is -2.40. The zero-order chi connectivity index (χ0) is 19.2. The molecule has 1 aromatic rings. The van der Waals surface area contributed by atoms with Crippen LogP contribution in [0.3, 0.4) is 0 Å². The molecule has 0 bridgehead atoms. The largest absolute Gasteiger partial charge is 0.348 e. The van der Waals surface area contributed by atoms with Gasteiger partial charge in [0.1, 0.15) is 18.3 Å². The summed E-state index contributed by atoms with van der Waals surface area (Å²) in [5.74, 6) is -1.57. The molecule has 146 valence electrons. The average molecular weight is 386 g/mol. The van der Waals surface area contributed by atoms with E-state index >= 15 is 0 Å². The highest BCUT2D eigenvalue weighted by Crippen LogP contribution is 2.36. The minimum Gasteiger partial charge on any atom is -0.348 e. The van der Waals surface area contributed by atoms with Crippen LogP contribution in [0.4, 0.5) is 0 Å². The monoisotopic (exact) mass is 386 g/mol. The van der Waals surface area contributed by atoms with E-state index in [1.54, 1.807) is 26.0 Å². The number of benzene rings is 1. The van der Waals surface area contributed by atoms with E-state index in [9.17, 15) is 8.42 Å². The first-order valence-electron chi connectivity index (χ1n) is 8.61. The third-order valence-corrected chi connectivity index (χ3v) is 5.61. The Hall–Kier alpha value is -1.03. The molecule has 0 N–H and O–H groups in total. The van der Waals surface area contributed by atoms with Crippen LogP contribution >= 0.6 is 0 Å². The summed E-state index contributed by atoms with van der Waals surface area (Å²) >= 11 is 0. The van der Waals surface area contributed by atoms with Crippen molar-refractivity contribution in [2.75, 3.05) is 13.2 Å². The summed E-state index contributed by atoms with van der Waals surface area (Å²) in [4.78, 5) is 0.111. The molecule has 0 aromatic heterocycles. The highest BCUT2D eigenvalue weighted by Gasteiger charge is 2.50. The van der Waals surface area contributed by atoms with Gasteiger partial charge in [0.05, 0.1) is 18.1 Å². The van der Waals surface area contributed by atoms with Crippen LogP contribution in [0, 0.1) is 6.92 Å². The van der Waals surface area contributed by atoms with Crippen LogP contribution in [0.5, 0.6) is 0 Å². The van der Waals surface area contributed by atoms with E-state index in [1.165, 1.54) is 12.1 Å².